The lowest BCUT2D eigenvalue weighted by Crippen LogP contribution is -2.51. The Hall–Kier alpha value is -2.31. The lowest BCUT2D eigenvalue weighted by atomic mass is 10.1. The molecule has 0 saturated carbocycles. The molecule has 0 spiro atoms. The average Bonchev–Trinajstić information content (AvgIpc) is 2.58. The molecule has 7 heteroatoms. The number of hydrogen-bond donors (Lipinski definition) is 1. The van der Waals surface area contributed by atoms with Gasteiger partial charge >= 0.3 is 0 Å². The quantitative estimate of drug-likeness (QED) is 0.904. The molecule has 0 aliphatic carbocycles. The van der Waals surface area contributed by atoms with Crippen molar-refractivity contribution in [1.29, 1.82) is 0 Å². The van der Waals surface area contributed by atoms with Crippen molar-refractivity contribution in [3.8, 4) is 5.75 Å². The highest BCUT2D eigenvalue weighted by Gasteiger charge is 2.36. The summed E-state index contributed by atoms with van der Waals surface area (Å²) in [5.41, 5.74) is 5.73. The number of amides is 2. The zero-order chi connectivity index (χ0) is 16.4. The van der Waals surface area contributed by atoms with Crippen molar-refractivity contribution >= 4 is 23.5 Å². The Balaban J connectivity index is 1.85. The van der Waals surface area contributed by atoms with E-state index in [1.807, 2.05) is 11.8 Å². The highest BCUT2D eigenvalue weighted by Crippen LogP contribution is 2.33. The number of nitrogens with zero attached hydrogens (tertiary/aromatic N) is 3. The number of piperidine rings is 1. The summed E-state index contributed by atoms with van der Waals surface area (Å²) in [5, 5.41) is 0. The maximum Gasteiger partial charge on any atom is 0.269 e. The number of hydrogen-bond acceptors (Lipinski definition) is 5. The summed E-state index contributed by atoms with van der Waals surface area (Å²) >= 11 is 0. The molecule has 1 fully saturated rings. The molecule has 1 atom stereocenters. The van der Waals surface area contributed by atoms with Gasteiger partial charge in [0.05, 0.1) is 0 Å². The van der Waals surface area contributed by atoms with E-state index in [1.165, 1.54) is 4.90 Å². The molecule has 1 unspecified atom stereocenters. The van der Waals surface area contributed by atoms with Gasteiger partial charge in [-0.15, -0.1) is 0 Å². The molecule has 1 aromatic rings. The minimum absolute atomic E-state index is 0.0118. The Bertz CT molecular complexity index is 613. The third kappa shape index (κ3) is 3.09. The van der Waals surface area contributed by atoms with Gasteiger partial charge < -0.3 is 15.4 Å². The van der Waals surface area contributed by atoms with Gasteiger partial charge in [-0.25, -0.2) is 4.98 Å². The summed E-state index contributed by atoms with van der Waals surface area (Å²) < 4.78 is 5.67. The van der Waals surface area contributed by atoms with Crippen molar-refractivity contribution in [2.75, 3.05) is 30.3 Å². The lowest BCUT2D eigenvalue weighted by Gasteiger charge is -2.34. The van der Waals surface area contributed by atoms with Gasteiger partial charge in [0.1, 0.15) is 12.4 Å². The van der Waals surface area contributed by atoms with E-state index < -0.39 is 6.10 Å². The Kier molecular flexibility index (Phi) is 4.36. The van der Waals surface area contributed by atoms with Crippen LogP contribution in [0.3, 0.4) is 0 Å². The first kappa shape index (κ1) is 15.6. The van der Waals surface area contributed by atoms with Crippen molar-refractivity contribution in [1.82, 2.24) is 9.88 Å². The van der Waals surface area contributed by atoms with Crippen LogP contribution in [0.5, 0.6) is 5.75 Å². The fourth-order valence-electron chi connectivity index (χ4n) is 3.01. The normalized spacial score (nSPS) is 20.9. The van der Waals surface area contributed by atoms with Gasteiger partial charge in [0, 0.05) is 13.1 Å². The van der Waals surface area contributed by atoms with Crippen molar-refractivity contribution in [2.45, 2.75) is 38.7 Å². The number of nitrogens with two attached hydrogens (primary N) is 1. The molecule has 2 amide bonds. The summed E-state index contributed by atoms with van der Waals surface area (Å²) in [7, 11) is 0. The minimum Gasteiger partial charge on any atom is -0.477 e. The van der Waals surface area contributed by atoms with Crippen molar-refractivity contribution in [3.05, 3.63) is 12.1 Å². The first-order valence-electron chi connectivity index (χ1n) is 8.12. The Morgan fingerprint density at radius 3 is 2.78 bits per heavy atom. The molecule has 1 saturated heterocycles. The molecule has 3 rings (SSSR count). The van der Waals surface area contributed by atoms with Gasteiger partial charge in [0.2, 0.25) is 5.91 Å². The first-order valence-corrected chi connectivity index (χ1v) is 8.12. The molecule has 2 aliphatic heterocycles. The van der Waals surface area contributed by atoms with Crippen molar-refractivity contribution < 1.29 is 14.3 Å². The molecular weight excluding hydrogens is 296 g/mol. The van der Waals surface area contributed by atoms with Crippen LogP contribution in [-0.2, 0) is 9.59 Å². The molecule has 124 valence electrons. The molecule has 7 nitrogen and oxygen atoms in total. The van der Waals surface area contributed by atoms with E-state index >= 15 is 0 Å². The molecule has 2 aliphatic rings. The fraction of sp³-hybridized carbons (Fsp3) is 0.562. The number of aromatic nitrogens is 1. The molecular formula is C16H22N4O3. The number of pyridine rings is 1. The molecule has 3 heterocycles. The fourth-order valence-corrected chi connectivity index (χ4v) is 3.01. The number of ether oxygens (including phenoxy) is 1. The number of rotatable bonds is 3. The van der Waals surface area contributed by atoms with Crippen molar-refractivity contribution in [3.63, 3.8) is 0 Å². The summed E-state index contributed by atoms with van der Waals surface area (Å²) in [6.07, 6.45) is 3.14. The van der Waals surface area contributed by atoms with Crippen LogP contribution >= 0.6 is 0 Å². The standard InChI is InChI=1S/C16H22N4O3/c1-2-11-16(22)20(10-14(21)19-8-4-3-5-9-19)15-12(23-11)6-7-13(17)18-15/h6-7,11H,2-5,8-10H2,1H3,(H2,17,18). The molecule has 23 heavy (non-hydrogen) atoms. The number of likely N-dealkylation sites (tertiary alicyclic amines) is 1. The lowest BCUT2D eigenvalue weighted by molar-refractivity contribution is -0.134. The Morgan fingerprint density at radius 1 is 1.35 bits per heavy atom. The highest BCUT2D eigenvalue weighted by molar-refractivity contribution is 6.03. The predicted octanol–water partition coefficient (Wildman–Crippen LogP) is 1.18. The zero-order valence-corrected chi connectivity index (χ0v) is 13.3. The predicted molar refractivity (Wildman–Crippen MR) is 86.1 cm³/mol. The van der Waals surface area contributed by atoms with Crippen LogP contribution in [0.1, 0.15) is 32.6 Å². The van der Waals surface area contributed by atoms with E-state index in [9.17, 15) is 9.59 Å². The van der Waals surface area contributed by atoms with Gasteiger partial charge in [-0.05, 0) is 37.8 Å². The summed E-state index contributed by atoms with van der Waals surface area (Å²) in [5.74, 6) is 0.848. The van der Waals surface area contributed by atoms with Crippen LogP contribution in [0.2, 0.25) is 0 Å². The maximum atomic E-state index is 12.6. The second kappa shape index (κ2) is 6.44. The van der Waals surface area contributed by atoms with Crippen LogP contribution < -0.4 is 15.4 Å². The first-order chi connectivity index (χ1) is 11.1. The van der Waals surface area contributed by atoms with Gasteiger partial charge in [-0.1, -0.05) is 6.92 Å². The minimum atomic E-state index is -0.581. The van der Waals surface area contributed by atoms with Gasteiger partial charge in [0.25, 0.3) is 5.91 Å². The second-order valence-electron chi connectivity index (χ2n) is 5.94. The number of anilines is 2. The van der Waals surface area contributed by atoms with Crippen molar-refractivity contribution in [2.24, 2.45) is 0 Å². The van der Waals surface area contributed by atoms with Gasteiger partial charge in [-0.2, -0.15) is 0 Å². The molecule has 0 bridgehead atoms. The highest BCUT2D eigenvalue weighted by atomic mass is 16.5. The van der Waals surface area contributed by atoms with E-state index in [2.05, 4.69) is 4.98 Å². The van der Waals surface area contributed by atoms with Crippen LogP contribution in [0.4, 0.5) is 11.6 Å². The average molecular weight is 318 g/mol. The van der Waals surface area contributed by atoms with Crippen LogP contribution in [0.25, 0.3) is 0 Å². The number of carbonyl (C=O) groups is 2. The second-order valence-corrected chi connectivity index (χ2v) is 5.94. The van der Waals surface area contributed by atoms with Gasteiger partial charge in [0.15, 0.2) is 17.7 Å². The van der Waals surface area contributed by atoms with E-state index in [1.54, 1.807) is 12.1 Å². The maximum absolute atomic E-state index is 12.6. The third-order valence-electron chi connectivity index (χ3n) is 4.30. The van der Waals surface area contributed by atoms with Crippen LogP contribution in [0, 0.1) is 0 Å². The SMILES string of the molecule is CCC1Oc2ccc(N)nc2N(CC(=O)N2CCCCC2)C1=O. The Morgan fingerprint density at radius 2 is 2.09 bits per heavy atom. The van der Waals surface area contributed by atoms with Gasteiger partial charge in [-0.3, -0.25) is 14.5 Å². The summed E-state index contributed by atoms with van der Waals surface area (Å²) in [6.45, 7) is 3.38. The third-order valence-corrected chi connectivity index (χ3v) is 4.30. The topological polar surface area (TPSA) is 88.8 Å². The molecule has 2 N–H and O–H groups in total. The summed E-state index contributed by atoms with van der Waals surface area (Å²) in [6, 6.07) is 3.33. The molecule has 0 radical (unpaired) electrons. The monoisotopic (exact) mass is 318 g/mol. The number of fused-ring (bicyclic) bond motifs is 1. The number of carbonyl (C=O) groups excluding carboxylic acids is 2. The molecule has 0 aromatic carbocycles. The number of nitrogen functional groups attached to an aromatic ring is 1. The summed E-state index contributed by atoms with van der Waals surface area (Å²) in [4.78, 5) is 32.6. The Labute approximate surface area is 135 Å². The van der Waals surface area contributed by atoms with E-state index in [0.717, 1.165) is 32.4 Å². The largest absolute Gasteiger partial charge is 0.477 e. The zero-order valence-electron chi connectivity index (χ0n) is 13.3. The smallest absolute Gasteiger partial charge is 0.269 e. The van der Waals surface area contributed by atoms with Crippen LogP contribution in [-0.4, -0.2) is 47.4 Å². The molecule has 1 aromatic heterocycles. The van der Waals surface area contributed by atoms with E-state index in [4.69, 9.17) is 10.5 Å². The van der Waals surface area contributed by atoms with Crippen LogP contribution in [0.15, 0.2) is 12.1 Å². The van der Waals surface area contributed by atoms with E-state index in [0.29, 0.717) is 23.8 Å². The van der Waals surface area contributed by atoms with E-state index in [-0.39, 0.29) is 18.4 Å².